The summed E-state index contributed by atoms with van der Waals surface area (Å²) in [6.07, 6.45) is 3.94. The molecular weight excluding hydrogens is 557 g/mol. The van der Waals surface area contributed by atoms with Crippen LogP contribution in [0.3, 0.4) is 0 Å². The minimum absolute atomic E-state index is 1.09. The summed E-state index contributed by atoms with van der Waals surface area (Å²) >= 11 is 5.36. The highest BCUT2D eigenvalue weighted by atomic mass is 32.1. The Labute approximate surface area is 250 Å². The van der Waals surface area contributed by atoms with Crippen molar-refractivity contribution in [2.24, 2.45) is 0 Å². The van der Waals surface area contributed by atoms with E-state index in [4.69, 9.17) is 0 Å². The van der Waals surface area contributed by atoms with Crippen LogP contribution in [0.25, 0.3) is 74.1 Å². The molecule has 0 saturated heterocycles. The Morgan fingerprint density at radius 2 is 1.02 bits per heavy atom. The van der Waals surface area contributed by atoms with Gasteiger partial charge in [-0.3, -0.25) is 0 Å². The highest BCUT2D eigenvalue weighted by Crippen LogP contribution is 2.44. The van der Waals surface area contributed by atoms with E-state index in [2.05, 4.69) is 121 Å². The van der Waals surface area contributed by atoms with Crippen LogP contribution in [0.2, 0.25) is 0 Å². The number of aryl methyl sites for hydroxylation is 2. The van der Waals surface area contributed by atoms with Gasteiger partial charge in [0.2, 0.25) is 0 Å². The molecule has 8 aromatic rings. The summed E-state index contributed by atoms with van der Waals surface area (Å²) in [5.41, 5.74) is 7.43. The lowest BCUT2D eigenvalue weighted by Crippen LogP contribution is -1.83. The smallest absolute Gasteiger partial charge is 0.0900 e. The van der Waals surface area contributed by atoms with E-state index in [9.17, 15) is 0 Å². The Bertz CT molecular complexity index is 2210. The number of thiazole rings is 2. The van der Waals surface area contributed by atoms with Gasteiger partial charge in [-0.25, -0.2) is 9.97 Å². The topological polar surface area (TPSA) is 25.8 Å². The van der Waals surface area contributed by atoms with E-state index < -0.39 is 0 Å². The van der Waals surface area contributed by atoms with Crippen molar-refractivity contribution < 1.29 is 0 Å². The maximum atomic E-state index is 4.43. The third kappa shape index (κ3) is 4.29. The molecule has 0 unspecified atom stereocenters. The molecule has 0 N–H and O–H groups in total. The van der Waals surface area contributed by atoms with E-state index in [-0.39, 0.29) is 0 Å². The molecule has 5 heteroatoms. The van der Waals surface area contributed by atoms with Crippen molar-refractivity contribution in [2.75, 3.05) is 0 Å². The average molecular weight is 581 g/mol. The van der Waals surface area contributed by atoms with Crippen LogP contribution in [0, 0.1) is 13.8 Å². The van der Waals surface area contributed by atoms with Crippen molar-refractivity contribution in [3.05, 3.63) is 119 Å². The van der Waals surface area contributed by atoms with Crippen molar-refractivity contribution in [1.29, 1.82) is 0 Å². The number of aromatic nitrogens is 2. The van der Waals surface area contributed by atoms with Crippen LogP contribution in [-0.4, -0.2) is 9.97 Å². The largest absolute Gasteiger partial charge is 0.249 e. The molecule has 0 aliphatic carbocycles. The fourth-order valence-corrected chi connectivity index (χ4v) is 8.46. The van der Waals surface area contributed by atoms with Crippen molar-refractivity contribution in [2.45, 2.75) is 13.8 Å². The number of hydrogen-bond donors (Lipinski definition) is 0. The van der Waals surface area contributed by atoms with Crippen LogP contribution in [0.4, 0.5) is 0 Å². The first kappa shape index (κ1) is 24.6. The van der Waals surface area contributed by atoms with E-state index in [1.165, 1.54) is 74.1 Å². The van der Waals surface area contributed by atoms with Crippen LogP contribution in [0.1, 0.15) is 10.0 Å². The first-order valence-corrected chi connectivity index (χ1v) is 16.0. The number of hydrogen-bond acceptors (Lipinski definition) is 5. The minimum atomic E-state index is 1.09. The van der Waals surface area contributed by atoms with Crippen molar-refractivity contribution >= 4 is 65.0 Å². The second kappa shape index (κ2) is 9.74. The zero-order chi connectivity index (χ0) is 27.5. The molecule has 0 fully saturated rings. The molecule has 0 amide bonds. The van der Waals surface area contributed by atoms with E-state index in [1.807, 2.05) is 23.7 Å². The summed E-state index contributed by atoms with van der Waals surface area (Å²) in [7, 11) is 0. The Hall–Kier alpha value is -4.16. The molecule has 0 bridgehead atoms. The van der Waals surface area contributed by atoms with Gasteiger partial charge in [0.05, 0.1) is 19.8 Å². The molecule has 0 spiro atoms. The molecule has 2 nitrogen and oxygen atoms in total. The zero-order valence-corrected chi connectivity index (χ0v) is 25.0. The zero-order valence-electron chi connectivity index (χ0n) is 22.5. The lowest BCUT2D eigenvalue weighted by atomic mass is 9.94. The molecule has 5 aromatic carbocycles. The van der Waals surface area contributed by atoms with Crippen LogP contribution < -0.4 is 0 Å². The highest BCUT2D eigenvalue weighted by molar-refractivity contribution is 7.26. The Balaban J connectivity index is 1.22. The van der Waals surface area contributed by atoms with Gasteiger partial charge in [-0.15, -0.1) is 34.0 Å². The molecule has 8 rings (SSSR count). The Kier molecular flexibility index (Phi) is 5.85. The second-order valence-corrected chi connectivity index (χ2v) is 13.9. The average Bonchev–Trinajstić information content (AvgIpc) is 3.74. The van der Waals surface area contributed by atoms with E-state index in [0.717, 1.165) is 10.0 Å². The van der Waals surface area contributed by atoms with Gasteiger partial charge >= 0.3 is 0 Å². The van der Waals surface area contributed by atoms with Gasteiger partial charge in [-0.1, -0.05) is 84.9 Å². The first-order valence-electron chi connectivity index (χ1n) is 13.6. The van der Waals surface area contributed by atoms with Gasteiger partial charge in [0.1, 0.15) is 0 Å². The van der Waals surface area contributed by atoms with E-state index in [0.29, 0.717) is 0 Å². The molecule has 3 heterocycles. The van der Waals surface area contributed by atoms with Gasteiger partial charge in [0, 0.05) is 32.6 Å². The van der Waals surface area contributed by atoms with E-state index in [1.54, 1.807) is 22.7 Å². The van der Waals surface area contributed by atoms with Crippen LogP contribution in [0.15, 0.2) is 109 Å². The monoisotopic (exact) mass is 580 g/mol. The van der Waals surface area contributed by atoms with Crippen molar-refractivity contribution in [3.63, 3.8) is 0 Å². The standard InChI is InChI=1S/C36H24N2S3/c1-21-37-19-34(39-21)25-11-7-23(8-12-25)27-15-16-30-32(17-27)41-33-18-31(28-5-3-4-6-29(28)36(30)33)24-9-13-26(14-10-24)35-20-38-22(2)40-35/h3-20H,1-2H3. The van der Waals surface area contributed by atoms with Crippen LogP contribution >= 0.6 is 34.0 Å². The van der Waals surface area contributed by atoms with Crippen LogP contribution in [-0.2, 0) is 0 Å². The quantitative estimate of drug-likeness (QED) is 0.207. The van der Waals surface area contributed by atoms with Gasteiger partial charge in [0.15, 0.2) is 0 Å². The first-order chi connectivity index (χ1) is 20.1. The molecule has 196 valence electrons. The number of thiophene rings is 1. The number of fused-ring (bicyclic) bond motifs is 5. The van der Waals surface area contributed by atoms with Gasteiger partial charge in [-0.2, -0.15) is 0 Å². The summed E-state index contributed by atoms with van der Waals surface area (Å²) in [5, 5.41) is 7.46. The van der Waals surface area contributed by atoms with Crippen molar-refractivity contribution in [1.82, 2.24) is 9.97 Å². The molecule has 0 aliphatic heterocycles. The Morgan fingerprint density at radius 3 is 1.63 bits per heavy atom. The summed E-state index contributed by atoms with van der Waals surface area (Å²) in [6.45, 7) is 4.11. The summed E-state index contributed by atoms with van der Waals surface area (Å²) in [4.78, 5) is 11.3. The number of rotatable bonds is 4. The Morgan fingerprint density at radius 1 is 0.463 bits per heavy atom. The lowest BCUT2D eigenvalue weighted by molar-refractivity contribution is 1.30. The predicted octanol–water partition coefficient (Wildman–Crippen LogP) is 11.4. The molecule has 0 aliphatic rings. The molecule has 0 atom stereocenters. The second-order valence-electron chi connectivity index (χ2n) is 10.3. The molecular formula is C36H24N2S3. The lowest BCUT2D eigenvalue weighted by Gasteiger charge is -2.10. The van der Waals surface area contributed by atoms with E-state index >= 15 is 0 Å². The normalized spacial score (nSPS) is 11.7. The molecule has 0 radical (unpaired) electrons. The molecule has 41 heavy (non-hydrogen) atoms. The van der Waals surface area contributed by atoms with Crippen LogP contribution in [0.5, 0.6) is 0 Å². The SMILES string of the molecule is Cc1ncc(-c2ccc(-c3ccc4c(c3)sc3cc(-c5ccc(-c6cnc(C)s6)cc5)c5ccccc5c34)cc2)s1. The summed E-state index contributed by atoms with van der Waals surface area (Å²) < 4.78 is 2.64. The molecule has 3 aromatic heterocycles. The minimum Gasteiger partial charge on any atom is -0.249 e. The third-order valence-corrected chi connectivity index (χ3v) is 10.7. The maximum Gasteiger partial charge on any atom is 0.0900 e. The van der Waals surface area contributed by atoms with Gasteiger partial charge in [-0.05, 0) is 70.1 Å². The van der Waals surface area contributed by atoms with Crippen molar-refractivity contribution in [3.8, 4) is 43.1 Å². The number of nitrogens with zero attached hydrogens (tertiary/aromatic N) is 2. The predicted molar refractivity (Wildman–Crippen MR) is 179 cm³/mol. The molecule has 0 saturated carbocycles. The van der Waals surface area contributed by atoms with Gasteiger partial charge < -0.3 is 0 Å². The highest BCUT2D eigenvalue weighted by Gasteiger charge is 2.15. The third-order valence-electron chi connectivity index (χ3n) is 7.70. The summed E-state index contributed by atoms with van der Waals surface area (Å²) in [6, 6.07) is 36.0. The summed E-state index contributed by atoms with van der Waals surface area (Å²) in [5.74, 6) is 0. The van der Waals surface area contributed by atoms with Gasteiger partial charge in [0.25, 0.3) is 0 Å². The number of benzene rings is 5. The fourth-order valence-electron chi connectivity index (χ4n) is 5.69. The maximum absolute atomic E-state index is 4.43. The fraction of sp³-hybridized carbons (Fsp3) is 0.0556.